The molecule has 0 N–H and O–H groups in total. The van der Waals surface area contributed by atoms with Crippen LogP contribution in [0.4, 0.5) is 0 Å². The summed E-state index contributed by atoms with van der Waals surface area (Å²) in [7, 11) is 1.62. The van der Waals surface area contributed by atoms with E-state index in [0.717, 1.165) is 16.9 Å². The molecule has 2 aromatic rings. The van der Waals surface area contributed by atoms with Crippen molar-refractivity contribution in [1.29, 1.82) is 0 Å². The standard InChI is InChI=1S/C12H10O3/c1-14-11-5-2-9(3-6-11)10-4-7-12(13)15-8-10/h2-8H,1H3. The molecule has 0 aliphatic carbocycles. The molecule has 0 spiro atoms. The highest BCUT2D eigenvalue weighted by molar-refractivity contribution is 5.62. The fourth-order valence-electron chi connectivity index (χ4n) is 1.31. The van der Waals surface area contributed by atoms with Gasteiger partial charge in [-0.2, -0.15) is 0 Å². The van der Waals surface area contributed by atoms with Crippen molar-refractivity contribution in [2.75, 3.05) is 7.11 Å². The normalized spacial score (nSPS) is 9.93. The van der Waals surface area contributed by atoms with Gasteiger partial charge in [0.1, 0.15) is 12.0 Å². The molecule has 0 fully saturated rings. The van der Waals surface area contributed by atoms with Gasteiger partial charge in [0.25, 0.3) is 0 Å². The first-order valence-electron chi connectivity index (χ1n) is 4.53. The molecule has 0 bridgehead atoms. The summed E-state index contributed by atoms with van der Waals surface area (Å²) in [6, 6.07) is 10.7. The fourth-order valence-corrected chi connectivity index (χ4v) is 1.31. The van der Waals surface area contributed by atoms with Crippen LogP contribution in [0.1, 0.15) is 0 Å². The van der Waals surface area contributed by atoms with Crippen molar-refractivity contribution in [1.82, 2.24) is 0 Å². The third-order valence-electron chi connectivity index (χ3n) is 2.12. The molecule has 15 heavy (non-hydrogen) atoms. The van der Waals surface area contributed by atoms with Gasteiger partial charge in [-0.25, -0.2) is 4.79 Å². The van der Waals surface area contributed by atoms with E-state index in [9.17, 15) is 4.79 Å². The summed E-state index contributed by atoms with van der Waals surface area (Å²) in [5.74, 6) is 0.802. The maximum atomic E-state index is 10.8. The third-order valence-corrected chi connectivity index (χ3v) is 2.12. The number of benzene rings is 1. The van der Waals surface area contributed by atoms with Crippen molar-refractivity contribution in [3.8, 4) is 16.9 Å². The molecule has 1 heterocycles. The Balaban J connectivity index is 2.37. The molecule has 76 valence electrons. The Bertz CT molecular complexity index is 477. The average molecular weight is 202 g/mol. The van der Waals surface area contributed by atoms with Crippen LogP contribution < -0.4 is 10.4 Å². The second-order valence-corrected chi connectivity index (χ2v) is 3.07. The molecule has 0 saturated heterocycles. The molecule has 0 atom stereocenters. The number of hydrogen-bond donors (Lipinski definition) is 0. The van der Waals surface area contributed by atoms with E-state index in [0.29, 0.717) is 0 Å². The molecule has 1 aromatic heterocycles. The Kier molecular flexibility index (Phi) is 2.54. The van der Waals surface area contributed by atoms with E-state index >= 15 is 0 Å². The SMILES string of the molecule is COc1ccc(-c2ccc(=O)oc2)cc1. The summed E-state index contributed by atoms with van der Waals surface area (Å²) in [6.45, 7) is 0. The van der Waals surface area contributed by atoms with Crippen LogP contribution in [0.2, 0.25) is 0 Å². The molecule has 3 heteroatoms. The van der Waals surface area contributed by atoms with Crippen LogP contribution in [0.15, 0.2) is 51.9 Å². The lowest BCUT2D eigenvalue weighted by Crippen LogP contribution is -1.93. The van der Waals surface area contributed by atoms with Crippen molar-refractivity contribution >= 4 is 0 Å². The summed E-state index contributed by atoms with van der Waals surface area (Å²) in [5.41, 5.74) is 1.52. The highest BCUT2D eigenvalue weighted by Crippen LogP contribution is 2.20. The Labute approximate surface area is 86.9 Å². The predicted molar refractivity (Wildman–Crippen MR) is 57.0 cm³/mol. The quantitative estimate of drug-likeness (QED) is 0.750. The lowest BCUT2D eigenvalue weighted by molar-refractivity contribution is 0.415. The number of methoxy groups -OCH3 is 1. The van der Waals surface area contributed by atoms with Crippen molar-refractivity contribution in [2.24, 2.45) is 0 Å². The van der Waals surface area contributed by atoms with E-state index in [1.807, 2.05) is 24.3 Å². The molecule has 0 radical (unpaired) electrons. The van der Waals surface area contributed by atoms with Gasteiger partial charge in [-0.3, -0.25) is 0 Å². The van der Waals surface area contributed by atoms with Crippen LogP contribution in [-0.4, -0.2) is 7.11 Å². The van der Waals surface area contributed by atoms with E-state index in [1.165, 1.54) is 12.3 Å². The van der Waals surface area contributed by atoms with E-state index in [1.54, 1.807) is 13.2 Å². The van der Waals surface area contributed by atoms with E-state index in [2.05, 4.69) is 0 Å². The molecular weight excluding hydrogens is 192 g/mol. The lowest BCUT2D eigenvalue weighted by atomic mass is 10.1. The first-order valence-corrected chi connectivity index (χ1v) is 4.53. The Morgan fingerprint density at radius 3 is 2.20 bits per heavy atom. The van der Waals surface area contributed by atoms with Crippen molar-refractivity contribution in [3.63, 3.8) is 0 Å². The summed E-state index contributed by atoms with van der Waals surface area (Å²) < 4.78 is 9.83. The predicted octanol–water partition coefficient (Wildman–Crippen LogP) is 2.32. The summed E-state index contributed by atoms with van der Waals surface area (Å²) in [4.78, 5) is 10.8. The highest BCUT2D eigenvalue weighted by Gasteiger charge is 1.98. The Hall–Kier alpha value is -2.03. The molecule has 0 amide bonds. The molecule has 3 nitrogen and oxygen atoms in total. The molecule has 0 aliphatic heterocycles. The fraction of sp³-hybridized carbons (Fsp3) is 0.0833. The van der Waals surface area contributed by atoms with Crippen LogP contribution in [0.3, 0.4) is 0 Å². The van der Waals surface area contributed by atoms with Gasteiger partial charge in [0.15, 0.2) is 0 Å². The van der Waals surface area contributed by atoms with E-state index in [4.69, 9.17) is 9.15 Å². The van der Waals surface area contributed by atoms with Gasteiger partial charge in [0.2, 0.25) is 0 Å². The summed E-state index contributed by atoms with van der Waals surface area (Å²) in [5, 5.41) is 0. The van der Waals surface area contributed by atoms with Gasteiger partial charge in [-0.1, -0.05) is 12.1 Å². The maximum Gasteiger partial charge on any atom is 0.335 e. The second-order valence-electron chi connectivity index (χ2n) is 3.07. The summed E-state index contributed by atoms with van der Waals surface area (Å²) >= 11 is 0. The van der Waals surface area contributed by atoms with Crippen LogP contribution in [-0.2, 0) is 0 Å². The first kappa shape index (κ1) is 9.52. The number of hydrogen-bond acceptors (Lipinski definition) is 3. The molecule has 1 aromatic carbocycles. The van der Waals surface area contributed by atoms with E-state index < -0.39 is 0 Å². The number of rotatable bonds is 2. The first-order chi connectivity index (χ1) is 7.29. The van der Waals surface area contributed by atoms with Crippen LogP contribution in [0, 0.1) is 0 Å². The van der Waals surface area contributed by atoms with Crippen molar-refractivity contribution in [3.05, 3.63) is 53.1 Å². The minimum atomic E-state index is -0.340. The zero-order chi connectivity index (χ0) is 10.7. The van der Waals surface area contributed by atoms with Gasteiger partial charge >= 0.3 is 5.63 Å². The highest BCUT2D eigenvalue weighted by atomic mass is 16.5. The second kappa shape index (κ2) is 4.00. The Morgan fingerprint density at radius 1 is 1.00 bits per heavy atom. The lowest BCUT2D eigenvalue weighted by Gasteiger charge is -2.02. The van der Waals surface area contributed by atoms with Crippen LogP contribution >= 0.6 is 0 Å². The maximum absolute atomic E-state index is 10.8. The monoisotopic (exact) mass is 202 g/mol. The molecule has 0 aliphatic rings. The summed E-state index contributed by atoms with van der Waals surface area (Å²) in [6.07, 6.45) is 1.45. The smallest absolute Gasteiger partial charge is 0.335 e. The van der Waals surface area contributed by atoms with Crippen molar-refractivity contribution in [2.45, 2.75) is 0 Å². The third kappa shape index (κ3) is 2.07. The average Bonchev–Trinajstić information content (AvgIpc) is 2.30. The zero-order valence-corrected chi connectivity index (χ0v) is 8.27. The largest absolute Gasteiger partial charge is 0.497 e. The van der Waals surface area contributed by atoms with Gasteiger partial charge in [0, 0.05) is 11.6 Å². The van der Waals surface area contributed by atoms with Gasteiger partial charge in [0.05, 0.1) is 7.11 Å². The number of ether oxygens (including phenoxy) is 1. The molecule has 2 rings (SSSR count). The molecule has 0 saturated carbocycles. The minimum absolute atomic E-state index is 0.340. The van der Waals surface area contributed by atoms with Gasteiger partial charge in [-0.15, -0.1) is 0 Å². The topological polar surface area (TPSA) is 39.4 Å². The van der Waals surface area contributed by atoms with Crippen LogP contribution in [0.5, 0.6) is 5.75 Å². The minimum Gasteiger partial charge on any atom is -0.497 e. The Morgan fingerprint density at radius 2 is 1.67 bits per heavy atom. The zero-order valence-electron chi connectivity index (χ0n) is 8.27. The van der Waals surface area contributed by atoms with Gasteiger partial charge in [-0.05, 0) is 23.8 Å². The molecule has 0 unspecified atom stereocenters. The van der Waals surface area contributed by atoms with Crippen LogP contribution in [0.25, 0.3) is 11.1 Å². The van der Waals surface area contributed by atoms with Crippen molar-refractivity contribution < 1.29 is 9.15 Å². The van der Waals surface area contributed by atoms with Gasteiger partial charge < -0.3 is 9.15 Å². The molecular formula is C12H10O3. The van der Waals surface area contributed by atoms with E-state index in [-0.39, 0.29) is 5.63 Å².